The van der Waals surface area contributed by atoms with Crippen LogP contribution in [0.3, 0.4) is 0 Å². The molecule has 2 N–H and O–H groups in total. The molecule has 0 spiro atoms. The van der Waals surface area contributed by atoms with Crippen molar-refractivity contribution in [1.29, 1.82) is 0 Å². The summed E-state index contributed by atoms with van der Waals surface area (Å²) in [6, 6.07) is 3.77. The van der Waals surface area contributed by atoms with E-state index in [1.165, 1.54) is 18.2 Å². The lowest BCUT2D eigenvalue weighted by Gasteiger charge is -2.21. The molecule has 2 bridgehead atoms. The molecule has 4 atom stereocenters. The van der Waals surface area contributed by atoms with Gasteiger partial charge in [-0.25, -0.2) is 0 Å². The number of amides is 1. The standard InChI is InChI=1S/C15H12ClF2NO5/c16-7-5-6(1-2-8(7)24-15(17)18)19-13(20)11-9-3-4-10(23-9)12(11)14(21)22/h1-5,9-12,15H,(H,19,20)(H,21,22)/t9-,10+,11+,12+/m1/s1. The topological polar surface area (TPSA) is 84.9 Å². The Bertz CT molecular complexity index is 711. The average molecular weight is 360 g/mol. The Kier molecular flexibility index (Phi) is 4.42. The van der Waals surface area contributed by atoms with E-state index in [0.717, 1.165) is 0 Å². The second-order valence-electron chi connectivity index (χ2n) is 5.35. The van der Waals surface area contributed by atoms with Crippen LogP contribution in [-0.2, 0) is 14.3 Å². The number of nitrogens with one attached hydrogen (secondary N) is 1. The summed E-state index contributed by atoms with van der Waals surface area (Å²) >= 11 is 5.82. The van der Waals surface area contributed by atoms with Gasteiger partial charge in [0.15, 0.2) is 0 Å². The molecule has 1 amide bonds. The third-order valence-electron chi connectivity index (χ3n) is 3.90. The van der Waals surface area contributed by atoms with Crippen molar-refractivity contribution in [2.45, 2.75) is 18.8 Å². The molecular formula is C15H12ClF2NO5. The molecule has 6 nitrogen and oxygen atoms in total. The van der Waals surface area contributed by atoms with E-state index >= 15 is 0 Å². The number of benzene rings is 1. The minimum Gasteiger partial charge on any atom is -0.481 e. The van der Waals surface area contributed by atoms with Crippen LogP contribution in [0.1, 0.15) is 0 Å². The van der Waals surface area contributed by atoms with E-state index in [9.17, 15) is 23.5 Å². The lowest BCUT2D eigenvalue weighted by atomic mass is 9.82. The highest BCUT2D eigenvalue weighted by Gasteiger charge is 2.53. The second-order valence-corrected chi connectivity index (χ2v) is 5.76. The predicted octanol–water partition coefficient (Wildman–Crippen LogP) is 2.53. The Morgan fingerprint density at radius 2 is 1.92 bits per heavy atom. The molecule has 0 unspecified atom stereocenters. The molecule has 128 valence electrons. The number of carbonyl (C=O) groups excluding carboxylic acids is 1. The van der Waals surface area contributed by atoms with E-state index in [4.69, 9.17) is 16.3 Å². The molecule has 0 saturated carbocycles. The number of alkyl halides is 2. The summed E-state index contributed by atoms with van der Waals surface area (Å²) in [6.07, 6.45) is 2.04. The number of halogens is 3. The predicted molar refractivity (Wildman–Crippen MR) is 79.1 cm³/mol. The summed E-state index contributed by atoms with van der Waals surface area (Å²) in [5.41, 5.74) is 0.238. The van der Waals surface area contributed by atoms with Crippen molar-refractivity contribution in [3.8, 4) is 5.75 Å². The van der Waals surface area contributed by atoms with Crippen LogP contribution in [0.4, 0.5) is 14.5 Å². The lowest BCUT2D eigenvalue weighted by molar-refractivity contribution is -0.145. The van der Waals surface area contributed by atoms with Crippen LogP contribution in [0.2, 0.25) is 5.02 Å². The van der Waals surface area contributed by atoms with Gasteiger partial charge in [0.1, 0.15) is 11.7 Å². The summed E-state index contributed by atoms with van der Waals surface area (Å²) in [5, 5.41) is 11.7. The van der Waals surface area contributed by atoms with Crippen LogP contribution < -0.4 is 10.1 Å². The SMILES string of the molecule is O=C(O)[C@@H]1[C@@H](C(=O)Nc2ccc(OC(F)F)c(Cl)c2)[C@H]2C=C[C@@H]1O2. The van der Waals surface area contributed by atoms with Crippen molar-refractivity contribution in [2.75, 3.05) is 5.32 Å². The molecule has 0 aliphatic carbocycles. The van der Waals surface area contributed by atoms with Crippen LogP contribution in [-0.4, -0.2) is 35.8 Å². The third kappa shape index (κ3) is 3.07. The number of carbonyl (C=O) groups is 2. The van der Waals surface area contributed by atoms with Crippen molar-refractivity contribution in [3.05, 3.63) is 35.4 Å². The molecule has 2 heterocycles. The maximum absolute atomic E-state index is 12.4. The van der Waals surface area contributed by atoms with Gasteiger partial charge in [-0.3, -0.25) is 9.59 Å². The summed E-state index contributed by atoms with van der Waals surface area (Å²) in [6.45, 7) is -3.02. The Balaban J connectivity index is 1.74. The molecule has 9 heteroatoms. The van der Waals surface area contributed by atoms with Gasteiger partial charge in [-0.05, 0) is 18.2 Å². The molecule has 1 aromatic rings. The van der Waals surface area contributed by atoms with E-state index in [2.05, 4.69) is 10.1 Å². The maximum atomic E-state index is 12.4. The zero-order valence-electron chi connectivity index (χ0n) is 12.0. The van der Waals surface area contributed by atoms with Crippen molar-refractivity contribution < 1.29 is 33.0 Å². The molecule has 3 rings (SSSR count). The van der Waals surface area contributed by atoms with Crippen molar-refractivity contribution in [1.82, 2.24) is 0 Å². The normalized spacial score (nSPS) is 27.5. The van der Waals surface area contributed by atoms with Gasteiger partial charge in [-0.15, -0.1) is 0 Å². The number of rotatable bonds is 5. The Hall–Kier alpha value is -2.19. The molecule has 1 saturated heterocycles. The van der Waals surface area contributed by atoms with Crippen LogP contribution in [0.15, 0.2) is 30.4 Å². The number of carboxylic acids is 1. The summed E-state index contributed by atoms with van der Waals surface area (Å²) < 4.78 is 34.0. The largest absolute Gasteiger partial charge is 0.481 e. The third-order valence-corrected chi connectivity index (χ3v) is 4.20. The Labute approximate surface area is 140 Å². The van der Waals surface area contributed by atoms with Gasteiger partial charge in [0.25, 0.3) is 0 Å². The molecule has 24 heavy (non-hydrogen) atoms. The lowest BCUT2D eigenvalue weighted by Crippen LogP contribution is -2.39. The van der Waals surface area contributed by atoms with Crippen molar-refractivity contribution in [2.24, 2.45) is 11.8 Å². The summed E-state index contributed by atoms with van der Waals surface area (Å²) in [7, 11) is 0. The van der Waals surface area contributed by atoms with E-state index in [1.54, 1.807) is 12.2 Å². The maximum Gasteiger partial charge on any atom is 0.387 e. The van der Waals surface area contributed by atoms with E-state index in [-0.39, 0.29) is 16.5 Å². The molecule has 0 aromatic heterocycles. The fourth-order valence-electron chi connectivity index (χ4n) is 2.91. The summed E-state index contributed by atoms with van der Waals surface area (Å²) in [4.78, 5) is 23.8. The van der Waals surface area contributed by atoms with E-state index in [0.29, 0.717) is 0 Å². The van der Waals surface area contributed by atoms with Gasteiger partial charge < -0.3 is 19.9 Å². The van der Waals surface area contributed by atoms with Gasteiger partial charge in [0.2, 0.25) is 5.91 Å². The Morgan fingerprint density at radius 1 is 1.25 bits per heavy atom. The number of fused-ring (bicyclic) bond motifs is 2. The second kappa shape index (κ2) is 6.37. The number of ether oxygens (including phenoxy) is 2. The number of aliphatic carboxylic acids is 1. The monoisotopic (exact) mass is 359 g/mol. The number of anilines is 1. The fraction of sp³-hybridized carbons (Fsp3) is 0.333. The van der Waals surface area contributed by atoms with Gasteiger partial charge in [0, 0.05) is 5.69 Å². The van der Waals surface area contributed by atoms with Crippen molar-refractivity contribution in [3.63, 3.8) is 0 Å². The van der Waals surface area contributed by atoms with Crippen LogP contribution in [0.25, 0.3) is 0 Å². The van der Waals surface area contributed by atoms with Crippen LogP contribution in [0.5, 0.6) is 5.75 Å². The highest BCUT2D eigenvalue weighted by atomic mass is 35.5. The molecule has 0 radical (unpaired) electrons. The first-order chi connectivity index (χ1) is 11.4. The molecule has 1 aromatic carbocycles. The highest BCUT2D eigenvalue weighted by molar-refractivity contribution is 6.32. The first kappa shape index (κ1) is 16.7. The van der Waals surface area contributed by atoms with Gasteiger partial charge in [-0.1, -0.05) is 23.8 Å². The minimum atomic E-state index is -3.02. The van der Waals surface area contributed by atoms with Crippen molar-refractivity contribution >= 4 is 29.2 Å². The molecule has 2 aliphatic rings. The molecule has 2 aliphatic heterocycles. The zero-order chi connectivity index (χ0) is 17.4. The first-order valence-electron chi connectivity index (χ1n) is 6.98. The molecule has 1 fully saturated rings. The smallest absolute Gasteiger partial charge is 0.387 e. The van der Waals surface area contributed by atoms with Crippen LogP contribution in [0, 0.1) is 11.8 Å². The van der Waals surface area contributed by atoms with Crippen LogP contribution >= 0.6 is 11.6 Å². The van der Waals surface area contributed by atoms with Gasteiger partial charge in [-0.2, -0.15) is 8.78 Å². The summed E-state index contributed by atoms with van der Waals surface area (Å²) in [5.74, 6) is -3.74. The zero-order valence-corrected chi connectivity index (χ0v) is 12.7. The highest BCUT2D eigenvalue weighted by Crippen LogP contribution is 2.40. The van der Waals surface area contributed by atoms with Gasteiger partial charge >= 0.3 is 12.6 Å². The first-order valence-corrected chi connectivity index (χ1v) is 7.36. The molecular weight excluding hydrogens is 348 g/mol. The number of hydrogen-bond acceptors (Lipinski definition) is 4. The van der Waals surface area contributed by atoms with Gasteiger partial charge in [0.05, 0.1) is 23.1 Å². The fourth-order valence-corrected chi connectivity index (χ4v) is 3.14. The minimum absolute atomic E-state index is 0.105. The van der Waals surface area contributed by atoms with E-state index in [1.807, 2.05) is 0 Å². The van der Waals surface area contributed by atoms with E-state index < -0.39 is 42.5 Å². The quantitative estimate of drug-likeness (QED) is 0.789. The average Bonchev–Trinajstić information content (AvgIpc) is 3.10. The Morgan fingerprint density at radius 3 is 2.50 bits per heavy atom. The number of hydrogen-bond donors (Lipinski definition) is 2. The number of carboxylic acid groups (broad SMARTS) is 1.